The molecule has 1 aliphatic rings. The zero-order valence-electron chi connectivity index (χ0n) is 8.37. The maximum atomic E-state index is 11.1. The Morgan fingerprint density at radius 3 is 2.29 bits per heavy atom. The Kier molecular flexibility index (Phi) is 4.33. The van der Waals surface area contributed by atoms with E-state index in [-0.39, 0.29) is 15.1 Å². The Labute approximate surface area is 98.0 Å². The third-order valence-corrected chi connectivity index (χ3v) is 4.43. The van der Waals surface area contributed by atoms with E-state index in [1.54, 1.807) is 0 Å². The molecule has 1 fully saturated rings. The van der Waals surface area contributed by atoms with Crippen molar-refractivity contribution in [2.24, 2.45) is 11.3 Å². The fourth-order valence-electron chi connectivity index (χ4n) is 2.21. The lowest BCUT2D eigenvalue weighted by atomic mass is 9.69. The molecule has 3 nitrogen and oxygen atoms in total. The van der Waals surface area contributed by atoms with Gasteiger partial charge in [-0.3, -0.25) is 4.79 Å². The molecule has 1 rings (SSSR count). The first kappa shape index (κ1) is 12.4. The predicted octanol–water partition coefficient (Wildman–Crippen LogP) is 1.85. The summed E-state index contributed by atoms with van der Waals surface area (Å²) in [5.41, 5.74) is -0.359. The van der Waals surface area contributed by atoms with Crippen LogP contribution in [0.15, 0.2) is 0 Å². The van der Waals surface area contributed by atoms with Crippen LogP contribution in [0.2, 0.25) is 0 Å². The molecule has 0 heterocycles. The maximum absolute atomic E-state index is 11.1. The lowest BCUT2D eigenvalue weighted by Crippen LogP contribution is -2.39. The standard InChI is InChI=1S/C10H17IO3/c1-2-10(9(13)14)5-3-7(4-6-10)8(11)12/h7,9,13-14H,2-6H2,1H3. The van der Waals surface area contributed by atoms with Crippen LogP contribution >= 0.6 is 22.6 Å². The Balaban J connectivity index is 2.59. The van der Waals surface area contributed by atoms with Crippen LogP contribution in [0, 0.1) is 11.3 Å². The molecule has 0 unspecified atom stereocenters. The van der Waals surface area contributed by atoms with E-state index in [4.69, 9.17) is 0 Å². The van der Waals surface area contributed by atoms with Gasteiger partial charge in [-0.15, -0.1) is 0 Å². The van der Waals surface area contributed by atoms with Crippen molar-refractivity contribution in [3.05, 3.63) is 0 Å². The molecule has 0 bridgehead atoms. The second-order valence-electron chi connectivity index (χ2n) is 4.17. The van der Waals surface area contributed by atoms with Crippen LogP contribution in [-0.2, 0) is 4.79 Å². The predicted molar refractivity (Wildman–Crippen MR) is 61.9 cm³/mol. The maximum Gasteiger partial charge on any atom is 0.195 e. The largest absolute Gasteiger partial charge is 0.368 e. The second kappa shape index (κ2) is 4.90. The smallest absolute Gasteiger partial charge is 0.195 e. The first-order chi connectivity index (χ1) is 6.52. The average molecular weight is 312 g/mol. The lowest BCUT2D eigenvalue weighted by molar-refractivity contribution is -0.155. The fourth-order valence-corrected chi connectivity index (χ4v) is 2.84. The van der Waals surface area contributed by atoms with Crippen molar-refractivity contribution < 1.29 is 15.0 Å². The molecule has 0 aromatic carbocycles. The van der Waals surface area contributed by atoms with E-state index in [0.29, 0.717) is 0 Å². The minimum absolute atomic E-state index is 0.133. The van der Waals surface area contributed by atoms with Crippen molar-refractivity contribution in [1.29, 1.82) is 0 Å². The molecular formula is C10H17IO3. The van der Waals surface area contributed by atoms with Gasteiger partial charge in [0, 0.05) is 11.3 Å². The van der Waals surface area contributed by atoms with Crippen LogP contribution in [0.3, 0.4) is 0 Å². The Hall–Kier alpha value is 0.320. The van der Waals surface area contributed by atoms with Gasteiger partial charge in [-0.2, -0.15) is 0 Å². The van der Waals surface area contributed by atoms with Crippen LogP contribution in [0.1, 0.15) is 39.0 Å². The van der Waals surface area contributed by atoms with Gasteiger partial charge in [-0.1, -0.05) is 6.92 Å². The first-order valence-electron chi connectivity index (χ1n) is 5.07. The average Bonchev–Trinajstić information content (AvgIpc) is 2.17. The molecule has 0 aliphatic heterocycles. The van der Waals surface area contributed by atoms with Gasteiger partial charge in [0.25, 0.3) is 0 Å². The van der Waals surface area contributed by atoms with Crippen LogP contribution in [0.25, 0.3) is 0 Å². The van der Waals surface area contributed by atoms with E-state index in [1.165, 1.54) is 0 Å². The molecule has 0 aromatic heterocycles. The van der Waals surface area contributed by atoms with Gasteiger partial charge in [-0.05, 0) is 54.7 Å². The third-order valence-electron chi connectivity index (χ3n) is 3.55. The summed E-state index contributed by atoms with van der Waals surface area (Å²) >= 11 is 1.84. The summed E-state index contributed by atoms with van der Waals surface area (Å²) in [6.07, 6.45) is 2.63. The van der Waals surface area contributed by atoms with Gasteiger partial charge in [-0.25, -0.2) is 0 Å². The summed E-state index contributed by atoms with van der Waals surface area (Å²) in [5.74, 6) is 0.133. The normalized spacial score (nSPS) is 33.4. The van der Waals surface area contributed by atoms with Gasteiger partial charge in [0.15, 0.2) is 10.1 Å². The van der Waals surface area contributed by atoms with E-state index in [1.807, 2.05) is 29.5 Å². The Morgan fingerprint density at radius 2 is 2.00 bits per heavy atom. The molecule has 2 N–H and O–H groups in total. The first-order valence-corrected chi connectivity index (χ1v) is 6.15. The van der Waals surface area contributed by atoms with Crippen LogP contribution in [-0.4, -0.2) is 20.3 Å². The number of hydrogen-bond acceptors (Lipinski definition) is 3. The molecule has 1 saturated carbocycles. The molecule has 0 saturated heterocycles. The third kappa shape index (κ3) is 2.46. The molecular weight excluding hydrogens is 295 g/mol. The quantitative estimate of drug-likeness (QED) is 0.475. The van der Waals surface area contributed by atoms with Gasteiger partial charge in [0.1, 0.15) is 0 Å². The minimum Gasteiger partial charge on any atom is -0.368 e. The number of rotatable bonds is 3. The second-order valence-corrected chi connectivity index (χ2v) is 5.23. The van der Waals surface area contributed by atoms with E-state index in [9.17, 15) is 15.0 Å². The molecule has 0 atom stereocenters. The monoisotopic (exact) mass is 312 g/mol. The van der Waals surface area contributed by atoms with Crippen LogP contribution < -0.4 is 0 Å². The van der Waals surface area contributed by atoms with E-state index >= 15 is 0 Å². The zero-order valence-corrected chi connectivity index (χ0v) is 10.5. The highest BCUT2D eigenvalue weighted by atomic mass is 127. The van der Waals surface area contributed by atoms with Crippen molar-refractivity contribution in [1.82, 2.24) is 0 Å². The lowest BCUT2D eigenvalue weighted by Gasteiger charge is -2.40. The highest BCUT2D eigenvalue weighted by Crippen LogP contribution is 2.44. The van der Waals surface area contributed by atoms with E-state index < -0.39 is 6.29 Å². The van der Waals surface area contributed by atoms with E-state index in [2.05, 4.69) is 0 Å². The van der Waals surface area contributed by atoms with Crippen LogP contribution in [0.5, 0.6) is 0 Å². The topological polar surface area (TPSA) is 57.5 Å². The minimum atomic E-state index is -1.24. The number of halogens is 1. The van der Waals surface area contributed by atoms with Crippen molar-refractivity contribution in [2.45, 2.75) is 45.3 Å². The van der Waals surface area contributed by atoms with Gasteiger partial charge >= 0.3 is 0 Å². The van der Waals surface area contributed by atoms with Crippen molar-refractivity contribution in [3.63, 3.8) is 0 Å². The highest BCUT2D eigenvalue weighted by molar-refractivity contribution is 14.1. The number of aliphatic hydroxyl groups is 2. The summed E-state index contributed by atoms with van der Waals surface area (Å²) in [6, 6.07) is 0. The summed E-state index contributed by atoms with van der Waals surface area (Å²) in [6.45, 7) is 1.98. The number of hydrogen-bond donors (Lipinski definition) is 2. The Bertz CT molecular complexity index is 207. The molecule has 1 aliphatic carbocycles. The van der Waals surface area contributed by atoms with Gasteiger partial charge in [0.05, 0.1) is 0 Å². The number of carbonyl (C=O) groups is 1. The van der Waals surface area contributed by atoms with E-state index in [0.717, 1.165) is 32.1 Å². The number of aliphatic hydroxyl groups excluding tert-OH is 1. The molecule has 0 aromatic rings. The SMILES string of the molecule is CCC1(C(O)O)CCC(C(=O)I)CC1. The summed E-state index contributed by atoms with van der Waals surface area (Å²) in [4.78, 5) is 11.1. The number of carbonyl (C=O) groups excluding carboxylic acids is 1. The van der Waals surface area contributed by atoms with Crippen molar-refractivity contribution in [2.75, 3.05) is 0 Å². The molecule has 0 amide bonds. The van der Waals surface area contributed by atoms with Crippen molar-refractivity contribution in [3.8, 4) is 0 Å². The summed E-state index contributed by atoms with van der Waals surface area (Å²) in [5, 5.41) is 18.6. The fraction of sp³-hybridized carbons (Fsp3) is 0.900. The molecule has 14 heavy (non-hydrogen) atoms. The van der Waals surface area contributed by atoms with Gasteiger partial charge in [0.2, 0.25) is 0 Å². The summed E-state index contributed by atoms with van der Waals surface area (Å²) in [7, 11) is 0. The molecule has 82 valence electrons. The van der Waals surface area contributed by atoms with Crippen LogP contribution in [0.4, 0.5) is 0 Å². The molecule has 0 spiro atoms. The highest BCUT2D eigenvalue weighted by Gasteiger charge is 2.40. The molecule has 4 heteroatoms. The van der Waals surface area contributed by atoms with Crippen molar-refractivity contribution >= 4 is 26.4 Å². The Morgan fingerprint density at radius 1 is 1.50 bits per heavy atom. The molecule has 0 radical (unpaired) electrons. The van der Waals surface area contributed by atoms with Gasteiger partial charge < -0.3 is 10.2 Å². The summed E-state index contributed by atoms with van der Waals surface area (Å²) < 4.78 is 0.208. The zero-order chi connectivity index (χ0) is 10.8.